The molecule has 0 aliphatic carbocycles. The highest BCUT2D eigenvalue weighted by atomic mass is 16.5. The van der Waals surface area contributed by atoms with E-state index < -0.39 is 0 Å². The van der Waals surface area contributed by atoms with Gasteiger partial charge in [0, 0.05) is 19.7 Å². The van der Waals surface area contributed by atoms with E-state index in [0.29, 0.717) is 17.4 Å². The lowest BCUT2D eigenvalue weighted by molar-refractivity contribution is 0.0432. The van der Waals surface area contributed by atoms with Crippen LogP contribution < -0.4 is 4.74 Å². The molecule has 21 heavy (non-hydrogen) atoms. The number of hydrogen-bond donors (Lipinski definition) is 0. The molecule has 4 heteroatoms. The first-order chi connectivity index (χ1) is 10.3. The number of carbonyl (C=O) groups is 1. The summed E-state index contributed by atoms with van der Waals surface area (Å²) in [6.45, 7) is 4.48. The lowest BCUT2D eigenvalue weighted by atomic mass is 10.1. The van der Waals surface area contributed by atoms with Crippen LogP contribution >= 0.6 is 0 Å². The van der Waals surface area contributed by atoms with Gasteiger partial charge in [0.2, 0.25) is 0 Å². The van der Waals surface area contributed by atoms with Gasteiger partial charge in [0.25, 0.3) is 5.91 Å². The molecule has 0 aromatic heterocycles. The quantitative estimate of drug-likeness (QED) is 0.836. The molecular weight excluding hydrogens is 266 g/mol. The Kier molecular flexibility index (Phi) is 6.05. The molecular formula is C17H25NO3. The Hall–Kier alpha value is -1.55. The second-order valence-electron chi connectivity index (χ2n) is 5.42. The second-order valence-corrected chi connectivity index (χ2v) is 5.42. The third-order valence-corrected chi connectivity index (χ3v) is 3.86. The van der Waals surface area contributed by atoms with Crippen molar-refractivity contribution in [2.45, 2.75) is 38.7 Å². The average molecular weight is 291 g/mol. The Morgan fingerprint density at radius 2 is 2.10 bits per heavy atom. The van der Waals surface area contributed by atoms with Gasteiger partial charge in [-0.2, -0.15) is 0 Å². The fourth-order valence-electron chi connectivity index (χ4n) is 2.71. The summed E-state index contributed by atoms with van der Waals surface area (Å²) >= 11 is 0. The van der Waals surface area contributed by atoms with Crippen molar-refractivity contribution in [2.24, 2.45) is 0 Å². The zero-order valence-corrected chi connectivity index (χ0v) is 13.0. The van der Waals surface area contributed by atoms with E-state index in [1.807, 2.05) is 29.2 Å². The molecule has 1 atom stereocenters. The van der Waals surface area contributed by atoms with Crippen LogP contribution in [0.15, 0.2) is 24.3 Å². The number of hydrogen-bond acceptors (Lipinski definition) is 3. The molecule has 1 heterocycles. The third kappa shape index (κ3) is 4.21. The first-order valence-electron chi connectivity index (χ1n) is 7.80. The van der Waals surface area contributed by atoms with Crippen LogP contribution in [0.3, 0.4) is 0 Å². The highest BCUT2D eigenvalue weighted by Gasteiger charge is 2.23. The minimum Gasteiger partial charge on any atom is -0.496 e. The van der Waals surface area contributed by atoms with Gasteiger partial charge in [-0.3, -0.25) is 4.79 Å². The number of ether oxygens (including phenoxy) is 2. The smallest absolute Gasteiger partial charge is 0.257 e. The zero-order chi connectivity index (χ0) is 15.1. The van der Waals surface area contributed by atoms with Crippen molar-refractivity contribution in [3.8, 4) is 5.75 Å². The van der Waals surface area contributed by atoms with E-state index in [1.54, 1.807) is 7.11 Å². The molecule has 0 radical (unpaired) electrons. The van der Waals surface area contributed by atoms with E-state index in [1.165, 1.54) is 0 Å². The highest BCUT2D eigenvalue weighted by molar-refractivity contribution is 5.96. The molecule has 1 unspecified atom stereocenters. The maximum atomic E-state index is 12.7. The van der Waals surface area contributed by atoms with E-state index in [9.17, 15) is 4.79 Å². The van der Waals surface area contributed by atoms with E-state index >= 15 is 0 Å². The summed E-state index contributed by atoms with van der Waals surface area (Å²) in [4.78, 5) is 14.6. The van der Waals surface area contributed by atoms with Gasteiger partial charge in [0.05, 0.1) is 18.8 Å². The third-order valence-electron chi connectivity index (χ3n) is 3.86. The molecule has 1 amide bonds. The van der Waals surface area contributed by atoms with Gasteiger partial charge in [0.15, 0.2) is 0 Å². The summed E-state index contributed by atoms with van der Waals surface area (Å²) in [5.74, 6) is 0.703. The van der Waals surface area contributed by atoms with Crippen molar-refractivity contribution in [1.82, 2.24) is 4.90 Å². The Morgan fingerprint density at radius 3 is 2.86 bits per heavy atom. The number of methoxy groups -OCH3 is 1. The Labute approximate surface area is 127 Å². The van der Waals surface area contributed by atoms with Crippen LogP contribution in [-0.4, -0.2) is 43.7 Å². The maximum absolute atomic E-state index is 12.7. The van der Waals surface area contributed by atoms with Gasteiger partial charge in [-0.1, -0.05) is 19.1 Å². The Morgan fingerprint density at radius 1 is 1.29 bits per heavy atom. The number of carbonyl (C=O) groups excluding carboxylic acids is 1. The lowest BCUT2D eigenvalue weighted by Gasteiger charge is -2.21. The van der Waals surface area contributed by atoms with Crippen LogP contribution in [0.2, 0.25) is 0 Å². The van der Waals surface area contributed by atoms with Crippen molar-refractivity contribution in [1.29, 1.82) is 0 Å². The van der Waals surface area contributed by atoms with E-state index in [0.717, 1.165) is 45.4 Å². The molecule has 116 valence electrons. The minimum atomic E-state index is 0.0589. The minimum absolute atomic E-state index is 0.0589. The number of benzene rings is 1. The monoisotopic (exact) mass is 291 g/mol. The molecule has 1 aromatic carbocycles. The van der Waals surface area contributed by atoms with Gasteiger partial charge in [-0.25, -0.2) is 0 Å². The largest absolute Gasteiger partial charge is 0.496 e. The summed E-state index contributed by atoms with van der Waals surface area (Å²) in [6.07, 6.45) is 4.28. The lowest BCUT2D eigenvalue weighted by Crippen LogP contribution is -2.32. The first-order valence-corrected chi connectivity index (χ1v) is 7.80. The Bertz CT molecular complexity index is 461. The van der Waals surface area contributed by atoms with Gasteiger partial charge < -0.3 is 14.4 Å². The van der Waals surface area contributed by atoms with Crippen LogP contribution in [0.25, 0.3) is 0 Å². The normalized spacial score (nSPS) is 19.1. The van der Waals surface area contributed by atoms with E-state index in [4.69, 9.17) is 9.47 Å². The summed E-state index contributed by atoms with van der Waals surface area (Å²) in [5, 5.41) is 0. The van der Waals surface area contributed by atoms with Crippen LogP contribution in [0, 0.1) is 0 Å². The molecule has 0 spiro atoms. The van der Waals surface area contributed by atoms with Crippen LogP contribution in [0.5, 0.6) is 5.75 Å². The SMILES string of the molecule is CCCOC1CCCN(C(=O)c2ccccc2OC)CC1. The summed E-state index contributed by atoms with van der Waals surface area (Å²) in [5.41, 5.74) is 0.646. The number of amides is 1. The predicted molar refractivity (Wildman–Crippen MR) is 82.8 cm³/mol. The van der Waals surface area contributed by atoms with E-state index in [2.05, 4.69) is 6.92 Å². The van der Waals surface area contributed by atoms with Crippen LogP contribution in [0.1, 0.15) is 43.0 Å². The molecule has 0 saturated carbocycles. The number of rotatable bonds is 5. The summed E-state index contributed by atoms with van der Waals surface area (Å²) in [7, 11) is 1.60. The molecule has 0 bridgehead atoms. The zero-order valence-electron chi connectivity index (χ0n) is 13.0. The Balaban J connectivity index is 2.00. The summed E-state index contributed by atoms with van der Waals surface area (Å²) < 4.78 is 11.1. The van der Waals surface area contributed by atoms with E-state index in [-0.39, 0.29) is 5.91 Å². The van der Waals surface area contributed by atoms with Crippen molar-refractivity contribution < 1.29 is 14.3 Å². The average Bonchev–Trinajstić information content (AvgIpc) is 2.77. The van der Waals surface area contributed by atoms with Gasteiger partial charge in [-0.05, 0) is 37.8 Å². The molecule has 1 aromatic rings. The summed E-state index contributed by atoms with van der Waals surface area (Å²) in [6, 6.07) is 7.42. The fourth-order valence-corrected chi connectivity index (χ4v) is 2.71. The van der Waals surface area contributed by atoms with Gasteiger partial charge in [0.1, 0.15) is 5.75 Å². The highest BCUT2D eigenvalue weighted by Crippen LogP contribution is 2.22. The molecule has 1 aliphatic heterocycles. The molecule has 1 fully saturated rings. The number of nitrogens with zero attached hydrogens (tertiary/aromatic N) is 1. The molecule has 1 aliphatic rings. The fraction of sp³-hybridized carbons (Fsp3) is 0.588. The van der Waals surface area contributed by atoms with Crippen molar-refractivity contribution in [2.75, 3.05) is 26.8 Å². The van der Waals surface area contributed by atoms with Crippen molar-refractivity contribution >= 4 is 5.91 Å². The van der Waals surface area contributed by atoms with Crippen molar-refractivity contribution in [3.63, 3.8) is 0 Å². The number of para-hydroxylation sites is 1. The first kappa shape index (κ1) is 15.8. The molecule has 0 N–H and O–H groups in total. The van der Waals surface area contributed by atoms with Gasteiger partial charge >= 0.3 is 0 Å². The maximum Gasteiger partial charge on any atom is 0.257 e. The standard InChI is InChI=1S/C17H25NO3/c1-3-13-21-14-7-6-11-18(12-10-14)17(19)15-8-4-5-9-16(15)20-2/h4-5,8-9,14H,3,6-7,10-13H2,1-2H3. The number of likely N-dealkylation sites (tertiary alicyclic amines) is 1. The van der Waals surface area contributed by atoms with Crippen LogP contribution in [-0.2, 0) is 4.74 Å². The molecule has 1 saturated heterocycles. The molecule has 2 rings (SSSR count). The van der Waals surface area contributed by atoms with Crippen LogP contribution in [0.4, 0.5) is 0 Å². The molecule has 4 nitrogen and oxygen atoms in total. The van der Waals surface area contributed by atoms with Gasteiger partial charge in [-0.15, -0.1) is 0 Å². The topological polar surface area (TPSA) is 38.8 Å². The second kappa shape index (κ2) is 8.03. The predicted octanol–water partition coefficient (Wildman–Crippen LogP) is 3.12. The van der Waals surface area contributed by atoms with Crippen molar-refractivity contribution in [3.05, 3.63) is 29.8 Å².